The molecule has 0 aliphatic heterocycles. The largest absolute Gasteiger partial charge is 0.389 e. The van der Waals surface area contributed by atoms with Crippen LogP contribution in [0.15, 0.2) is 0 Å². The van der Waals surface area contributed by atoms with Gasteiger partial charge in [0.15, 0.2) is 0 Å². The first-order valence-electron chi connectivity index (χ1n) is 8.83. The van der Waals surface area contributed by atoms with Crippen molar-refractivity contribution in [2.24, 2.45) is 11.7 Å². The zero-order valence-electron chi connectivity index (χ0n) is 14.5. The molecular formula is C16H34N2O4S. The zero-order valence-corrected chi connectivity index (χ0v) is 15.4. The Labute approximate surface area is 141 Å². The Morgan fingerprint density at radius 1 is 1.30 bits per heavy atom. The molecule has 0 saturated heterocycles. The van der Waals surface area contributed by atoms with Crippen molar-refractivity contribution in [3.05, 3.63) is 0 Å². The first-order valence-corrected chi connectivity index (χ1v) is 10.5. The predicted molar refractivity (Wildman–Crippen MR) is 92.7 cm³/mol. The van der Waals surface area contributed by atoms with E-state index in [2.05, 4.69) is 4.72 Å². The third kappa shape index (κ3) is 7.94. The monoisotopic (exact) mass is 350 g/mol. The number of nitrogens with two attached hydrogens (primary N) is 1. The smallest absolute Gasteiger partial charge is 0.214 e. The number of rotatable bonds is 11. The van der Waals surface area contributed by atoms with Crippen LogP contribution in [0.5, 0.6) is 0 Å². The summed E-state index contributed by atoms with van der Waals surface area (Å²) in [5.74, 6) is 0.275. The van der Waals surface area contributed by atoms with Crippen molar-refractivity contribution >= 4 is 10.0 Å². The highest BCUT2D eigenvalue weighted by atomic mass is 32.2. The van der Waals surface area contributed by atoms with Gasteiger partial charge in [-0.15, -0.1) is 0 Å². The molecule has 0 amide bonds. The first-order chi connectivity index (χ1) is 10.9. The molecule has 7 heteroatoms. The van der Waals surface area contributed by atoms with Gasteiger partial charge in [0, 0.05) is 19.7 Å². The molecule has 0 aromatic heterocycles. The summed E-state index contributed by atoms with van der Waals surface area (Å²) < 4.78 is 31.9. The quantitative estimate of drug-likeness (QED) is 0.489. The van der Waals surface area contributed by atoms with Crippen LogP contribution in [0, 0.1) is 5.92 Å². The number of nitrogens with one attached hydrogen (secondary N) is 1. The van der Waals surface area contributed by atoms with Gasteiger partial charge in [-0.25, -0.2) is 13.1 Å². The third-order valence-corrected chi connectivity index (χ3v) is 6.10. The van der Waals surface area contributed by atoms with Crippen molar-refractivity contribution in [3.8, 4) is 0 Å². The lowest BCUT2D eigenvalue weighted by atomic mass is 9.83. The molecule has 0 unspecified atom stereocenters. The molecule has 0 aromatic rings. The normalized spacial score (nSPS) is 21.0. The Balaban J connectivity index is 2.50. The van der Waals surface area contributed by atoms with E-state index in [1.54, 1.807) is 0 Å². The molecule has 0 radical (unpaired) electrons. The number of unbranched alkanes of at least 4 members (excludes halogenated alkanes) is 1. The average Bonchev–Trinajstić information content (AvgIpc) is 2.53. The zero-order chi connectivity index (χ0) is 17.3. The van der Waals surface area contributed by atoms with Crippen LogP contribution >= 0.6 is 0 Å². The number of hydrogen-bond donors (Lipinski definition) is 3. The Hall–Kier alpha value is -0.210. The lowest BCUT2D eigenvalue weighted by Crippen LogP contribution is -2.49. The maximum atomic E-state index is 12.0. The molecular weight excluding hydrogens is 316 g/mol. The summed E-state index contributed by atoms with van der Waals surface area (Å²) in [4.78, 5) is 0. The summed E-state index contributed by atoms with van der Waals surface area (Å²) in [5, 5.41) is 10.4. The van der Waals surface area contributed by atoms with Crippen molar-refractivity contribution in [3.63, 3.8) is 0 Å². The van der Waals surface area contributed by atoms with Crippen molar-refractivity contribution in [1.29, 1.82) is 0 Å². The van der Waals surface area contributed by atoms with Crippen LogP contribution in [-0.2, 0) is 14.8 Å². The number of aliphatic hydroxyl groups excluding tert-OH is 1. The maximum absolute atomic E-state index is 12.0. The van der Waals surface area contributed by atoms with Gasteiger partial charge >= 0.3 is 0 Å². The Bertz CT molecular complexity index is 410. The highest BCUT2D eigenvalue weighted by Gasteiger charge is 2.31. The molecule has 0 spiro atoms. The fourth-order valence-electron chi connectivity index (χ4n) is 3.21. The molecule has 1 saturated carbocycles. The molecule has 1 aliphatic rings. The molecule has 0 heterocycles. The molecule has 23 heavy (non-hydrogen) atoms. The Morgan fingerprint density at radius 2 is 1.96 bits per heavy atom. The van der Waals surface area contributed by atoms with Crippen molar-refractivity contribution in [2.75, 3.05) is 19.4 Å². The summed E-state index contributed by atoms with van der Waals surface area (Å²) in [7, 11) is -2.05. The fraction of sp³-hybridized carbons (Fsp3) is 1.00. The van der Waals surface area contributed by atoms with Gasteiger partial charge in [-0.2, -0.15) is 0 Å². The van der Waals surface area contributed by atoms with Crippen LogP contribution in [0.3, 0.4) is 0 Å². The van der Waals surface area contributed by atoms with Crippen LogP contribution in [0.2, 0.25) is 0 Å². The number of hydrogen-bond acceptors (Lipinski definition) is 5. The second-order valence-electron chi connectivity index (χ2n) is 6.70. The molecule has 0 bridgehead atoms. The van der Waals surface area contributed by atoms with E-state index in [1.807, 2.05) is 6.92 Å². The van der Waals surface area contributed by atoms with Crippen molar-refractivity contribution < 1.29 is 18.3 Å². The van der Waals surface area contributed by atoms with E-state index in [0.29, 0.717) is 12.5 Å². The van der Waals surface area contributed by atoms with E-state index >= 15 is 0 Å². The minimum Gasteiger partial charge on any atom is -0.389 e. The average molecular weight is 351 g/mol. The lowest BCUT2D eigenvalue weighted by molar-refractivity contribution is -0.0158. The Kier molecular flexibility index (Phi) is 9.61. The molecule has 0 aromatic carbocycles. The standard InChI is InChI=1S/C16H34N2O4S/c1-3-4-10-18-23(20,21)12-15(22-2)16(19)14(17)11-13-8-6-5-7-9-13/h13-16,18-19H,3-12,17H2,1-2H3/t14-,15-,16+/m1/s1. The predicted octanol–water partition coefficient (Wildman–Crippen LogP) is 1.38. The highest BCUT2D eigenvalue weighted by molar-refractivity contribution is 7.89. The van der Waals surface area contributed by atoms with Crippen LogP contribution < -0.4 is 10.5 Å². The maximum Gasteiger partial charge on any atom is 0.214 e. The summed E-state index contributed by atoms with van der Waals surface area (Å²) in [5.41, 5.74) is 6.12. The van der Waals surface area contributed by atoms with Crippen molar-refractivity contribution in [2.45, 2.75) is 76.5 Å². The van der Waals surface area contributed by atoms with Gasteiger partial charge in [0.1, 0.15) is 0 Å². The van der Waals surface area contributed by atoms with Gasteiger partial charge in [-0.3, -0.25) is 0 Å². The molecule has 1 aliphatic carbocycles. The third-order valence-electron chi connectivity index (χ3n) is 4.69. The fourth-order valence-corrected chi connectivity index (χ4v) is 4.55. The van der Waals surface area contributed by atoms with Crippen molar-refractivity contribution in [1.82, 2.24) is 4.72 Å². The lowest BCUT2D eigenvalue weighted by Gasteiger charge is -2.30. The summed E-state index contributed by atoms with van der Waals surface area (Å²) in [6.45, 7) is 2.42. The van der Waals surface area contributed by atoms with Crippen LogP contribution in [0.25, 0.3) is 0 Å². The summed E-state index contributed by atoms with van der Waals surface area (Å²) in [6, 6.07) is -0.450. The summed E-state index contributed by atoms with van der Waals surface area (Å²) in [6.07, 6.45) is 6.68. The molecule has 138 valence electrons. The van der Waals surface area contributed by atoms with Crippen LogP contribution in [0.1, 0.15) is 58.3 Å². The Morgan fingerprint density at radius 3 is 2.52 bits per heavy atom. The van der Waals surface area contributed by atoms with Crippen LogP contribution in [-0.4, -0.2) is 51.2 Å². The minimum absolute atomic E-state index is 0.257. The van der Waals surface area contributed by atoms with Gasteiger partial charge in [-0.05, 0) is 18.8 Å². The molecule has 1 fully saturated rings. The van der Waals surface area contributed by atoms with E-state index in [9.17, 15) is 13.5 Å². The molecule has 4 N–H and O–H groups in total. The number of sulfonamides is 1. The number of ether oxygens (including phenoxy) is 1. The first kappa shape index (κ1) is 20.8. The van der Waals surface area contributed by atoms with Gasteiger partial charge in [0.25, 0.3) is 0 Å². The minimum atomic E-state index is -3.47. The second-order valence-corrected chi connectivity index (χ2v) is 8.55. The SMILES string of the molecule is CCCCNS(=O)(=O)C[C@@H](OC)[C@@H](O)[C@H](N)CC1CCCCC1. The van der Waals surface area contributed by atoms with Gasteiger partial charge in [-0.1, -0.05) is 45.4 Å². The summed E-state index contributed by atoms with van der Waals surface area (Å²) >= 11 is 0. The second kappa shape index (κ2) is 10.6. The van der Waals surface area contributed by atoms with E-state index in [0.717, 1.165) is 32.1 Å². The highest BCUT2D eigenvalue weighted by Crippen LogP contribution is 2.28. The van der Waals surface area contributed by atoms with Gasteiger partial charge in [0.05, 0.1) is 18.0 Å². The van der Waals surface area contributed by atoms with E-state index < -0.39 is 28.3 Å². The molecule has 6 nitrogen and oxygen atoms in total. The number of aliphatic hydroxyl groups is 1. The topological polar surface area (TPSA) is 102 Å². The van der Waals surface area contributed by atoms with E-state index in [1.165, 1.54) is 26.4 Å². The van der Waals surface area contributed by atoms with Gasteiger partial charge in [0.2, 0.25) is 10.0 Å². The number of methoxy groups -OCH3 is 1. The van der Waals surface area contributed by atoms with Crippen LogP contribution in [0.4, 0.5) is 0 Å². The molecule has 1 rings (SSSR count). The van der Waals surface area contributed by atoms with Gasteiger partial charge < -0.3 is 15.6 Å². The molecule has 3 atom stereocenters. The van der Waals surface area contributed by atoms with E-state index in [-0.39, 0.29) is 5.75 Å². The van der Waals surface area contributed by atoms with E-state index in [4.69, 9.17) is 10.5 Å².